The minimum absolute atomic E-state index is 0.0545. The minimum Gasteiger partial charge on any atom is -0.394 e. The summed E-state index contributed by atoms with van der Waals surface area (Å²) in [6.07, 6.45) is 4.91. The normalized spacial score (nSPS) is 23.9. The molecule has 0 unspecified atom stereocenters. The lowest BCUT2D eigenvalue weighted by atomic mass is 10.2. The fourth-order valence-corrected chi connectivity index (χ4v) is 2.39. The molecular weight excluding hydrogens is 234 g/mol. The number of imidazole rings is 1. The number of hydrogen-bond acceptors (Lipinski definition) is 5. The van der Waals surface area contributed by atoms with Crippen LogP contribution in [-0.2, 0) is 11.8 Å². The predicted molar refractivity (Wildman–Crippen MR) is 63.3 cm³/mol. The van der Waals surface area contributed by atoms with E-state index < -0.39 is 0 Å². The minimum atomic E-state index is -0.0971. The second-order valence-corrected chi connectivity index (χ2v) is 4.54. The first-order valence-electron chi connectivity index (χ1n) is 5.93. The summed E-state index contributed by atoms with van der Waals surface area (Å²) in [6, 6.07) is 0. The summed E-state index contributed by atoms with van der Waals surface area (Å²) in [7, 11) is 1.89. The number of aromatic nitrogens is 4. The number of nitrogen functional groups attached to an aromatic ring is 1. The number of anilines is 1. The predicted octanol–water partition coefficient (Wildman–Crippen LogP) is -0.492. The number of aliphatic hydroxyl groups excluding tert-OH is 1. The van der Waals surface area contributed by atoms with Gasteiger partial charge in [-0.1, -0.05) is 4.98 Å². The summed E-state index contributed by atoms with van der Waals surface area (Å²) in [5.74, 6) is 0.415. The molecule has 0 amide bonds. The molecular formula is C11H16N5O2+. The fraction of sp³-hybridized carbons (Fsp3) is 0.545. The van der Waals surface area contributed by atoms with Crippen molar-refractivity contribution < 1.29 is 14.4 Å². The van der Waals surface area contributed by atoms with Gasteiger partial charge in [0, 0.05) is 6.42 Å². The molecule has 3 heterocycles. The van der Waals surface area contributed by atoms with Crippen molar-refractivity contribution in [3.05, 3.63) is 12.7 Å². The number of fused-ring (bicyclic) bond motifs is 1. The average Bonchev–Trinajstić information content (AvgIpc) is 2.99. The Hall–Kier alpha value is -1.73. The molecule has 2 atom stereocenters. The Balaban J connectivity index is 2.05. The maximum atomic E-state index is 9.11. The summed E-state index contributed by atoms with van der Waals surface area (Å²) in [4.78, 5) is 8.35. The zero-order valence-corrected chi connectivity index (χ0v) is 10.2. The van der Waals surface area contributed by atoms with E-state index in [2.05, 4.69) is 9.97 Å². The fourth-order valence-electron chi connectivity index (χ4n) is 2.39. The quantitative estimate of drug-likeness (QED) is 0.702. The van der Waals surface area contributed by atoms with E-state index in [4.69, 9.17) is 15.6 Å². The highest BCUT2D eigenvalue weighted by Crippen LogP contribution is 2.30. The zero-order valence-electron chi connectivity index (χ0n) is 10.2. The molecule has 7 heteroatoms. The standard InChI is InChI=1S/C11H15N5O2/c1-15-5-14-10(12)9-11(15)16(6-13-9)8-3-2-7(4-17)18-8/h5-8,12,17H,2-4H2,1H3/p+1/t7-,8+/m1/s1. The van der Waals surface area contributed by atoms with E-state index >= 15 is 0 Å². The zero-order chi connectivity index (χ0) is 12.7. The van der Waals surface area contributed by atoms with Crippen LogP contribution in [0.4, 0.5) is 5.82 Å². The molecule has 0 aliphatic carbocycles. The third-order valence-electron chi connectivity index (χ3n) is 3.31. The molecule has 2 aromatic rings. The van der Waals surface area contributed by atoms with Gasteiger partial charge in [0.2, 0.25) is 12.1 Å². The van der Waals surface area contributed by atoms with E-state index in [-0.39, 0.29) is 18.9 Å². The first-order valence-corrected chi connectivity index (χ1v) is 5.93. The molecule has 0 aromatic carbocycles. The molecule has 0 bridgehead atoms. The molecule has 1 aliphatic rings. The van der Waals surface area contributed by atoms with Crippen LogP contribution in [-0.4, -0.2) is 32.4 Å². The van der Waals surface area contributed by atoms with Gasteiger partial charge in [-0.2, -0.15) is 0 Å². The third-order valence-corrected chi connectivity index (χ3v) is 3.31. The number of rotatable bonds is 2. The number of aryl methyl sites for hydroxylation is 1. The molecule has 3 rings (SSSR count). The van der Waals surface area contributed by atoms with E-state index in [1.807, 2.05) is 16.2 Å². The van der Waals surface area contributed by atoms with Gasteiger partial charge in [-0.15, -0.1) is 0 Å². The van der Waals surface area contributed by atoms with Gasteiger partial charge in [0.15, 0.2) is 18.1 Å². The van der Waals surface area contributed by atoms with Crippen molar-refractivity contribution in [1.29, 1.82) is 0 Å². The van der Waals surface area contributed by atoms with Crippen LogP contribution in [0.15, 0.2) is 12.7 Å². The molecule has 0 saturated carbocycles. The van der Waals surface area contributed by atoms with Crippen LogP contribution in [0.25, 0.3) is 11.2 Å². The van der Waals surface area contributed by atoms with Crippen molar-refractivity contribution in [2.24, 2.45) is 7.05 Å². The highest BCUT2D eigenvalue weighted by Gasteiger charge is 2.31. The van der Waals surface area contributed by atoms with E-state index in [9.17, 15) is 0 Å². The Morgan fingerprint density at radius 2 is 2.39 bits per heavy atom. The van der Waals surface area contributed by atoms with Gasteiger partial charge in [0.25, 0.3) is 5.65 Å². The highest BCUT2D eigenvalue weighted by molar-refractivity contribution is 5.78. The Morgan fingerprint density at radius 3 is 3.11 bits per heavy atom. The molecule has 0 spiro atoms. The van der Waals surface area contributed by atoms with Crippen LogP contribution in [0, 0.1) is 0 Å². The number of ether oxygens (including phenoxy) is 1. The maximum Gasteiger partial charge on any atom is 0.263 e. The van der Waals surface area contributed by atoms with Crippen molar-refractivity contribution in [3.8, 4) is 0 Å². The van der Waals surface area contributed by atoms with Crippen molar-refractivity contribution in [1.82, 2.24) is 14.5 Å². The molecule has 96 valence electrons. The smallest absolute Gasteiger partial charge is 0.263 e. The Labute approximate surface area is 104 Å². The summed E-state index contributed by atoms with van der Waals surface area (Å²) in [5, 5.41) is 9.11. The largest absolute Gasteiger partial charge is 0.394 e. The van der Waals surface area contributed by atoms with Gasteiger partial charge >= 0.3 is 0 Å². The molecule has 0 radical (unpaired) electrons. The van der Waals surface area contributed by atoms with Gasteiger partial charge in [0.05, 0.1) is 19.8 Å². The van der Waals surface area contributed by atoms with Crippen LogP contribution in [0.1, 0.15) is 19.1 Å². The van der Waals surface area contributed by atoms with Crippen molar-refractivity contribution >= 4 is 17.0 Å². The monoisotopic (exact) mass is 250 g/mol. The van der Waals surface area contributed by atoms with Gasteiger partial charge in [-0.25, -0.2) is 14.1 Å². The summed E-state index contributed by atoms with van der Waals surface area (Å²) >= 11 is 0. The van der Waals surface area contributed by atoms with Crippen LogP contribution in [0.5, 0.6) is 0 Å². The van der Waals surface area contributed by atoms with E-state index in [0.29, 0.717) is 11.3 Å². The molecule has 18 heavy (non-hydrogen) atoms. The van der Waals surface area contributed by atoms with Crippen molar-refractivity contribution in [2.75, 3.05) is 12.3 Å². The SMILES string of the molecule is C[n+]1cnc(N)c2ncn([C@@H]3CC[C@H](CO)O3)c21. The number of aliphatic hydroxyl groups is 1. The number of nitrogens with two attached hydrogens (primary N) is 1. The second-order valence-electron chi connectivity index (χ2n) is 4.54. The Bertz CT molecular complexity index is 582. The lowest BCUT2D eigenvalue weighted by molar-refractivity contribution is -0.651. The molecule has 3 N–H and O–H groups in total. The second kappa shape index (κ2) is 4.18. The van der Waals surface area contributed by atoms with Gasteiger partial charge in [0.1, 0.15) is 0 Å². The van der Waals surface area contributed by atoms with Crippen molar-refractivity contribution in [2.45, 2.75) is 25.2 Å². The molecule has 1 aliphatic heterocycles. The number of nitrogens with zero attached hydrogens (tertiary/aromatic N) is 4. The summed E-state index contributed by atoms with van der Waals surface area (Å²) in [6.45, 7) is 0.0545. The van der Waals surface area contributed by atoms with Crippen LogP contribution < -0.4 is 10.3 Å². The topological polar surface area (TPSA) is 90.1 Å². The third kappa shape index (κ3) is 1.63. The molecule has 2 aromatic heterocycles. The lowest BCUT2D eigenvalue weighted by Gasteiger charge is -2.11. The average molecular weight is 250 g/mol. The van der Waals surface area contributed by atoms with Crippen LogP contribution in [0.2, 0.25) is 0 Å². The van der Waals surface area contributed by atoms with E-state index in [0.717, 1.165) is 18.5 Å². The summed E-state index contributed by atoms with van der Waals surface area (Å²) in [5.41, 5.74) is 7.37. The highest BCUT2D eigenvalue weighted by atomic mass is 16.5. The Kier molecular flexibility index (Phi) is 2.64. The first-order chi connectivity index (χ1) is 8.70. The van der Waals surface area contributed by atoms with Gasteiger partial charge < -0.3 is 15.6 Å². The van der Waals surface area contributed by atoms with Crippen LogP contribution in [0.3, 0.4) is 0 Å². The summed E-state index contributed by atoms with van der Waals surface area (Å²) < 4.78 is 9.57. The van der Waals surface area contributed by atoms with Crippen molar-refractivity contribution in [3.63, 3.8) is 0 Å². The van der Waals surface area contributed by atoms with Gasteiger partial charge in [-0.05, 0) is 6.42 Å². The van der Waals surface area contributed by atoms with Gasteiger partial charge in [-0.3, -0.25) is 0 Å². The molecule has 1 saturated heterocycles. The lowest BCUT2D eigenvalue weighted by Crippen LogP contribution is -2.32. The van der Waals surface area contributed by atoms with E-state index in [1.54, 1.807) is 12.7 Å². The molecule has 1 fully saturated rings. The Morgan fingerprint density at radius 1 is 1.56 bits per heavy atom. The van der Waals surface area contributed by atoms with Crippen LogP contribution >= 0.6 is 0 Å². The molecule has 7 nitrogen and oxygen atoms in total. The van der Waals surface area contributed by atoms with E-state index in [1.165, 1.54) is 0 Å². The number of hydrogen-bond donors (Lipinski definition) is 2. The maximum absolute atomic E-state index is 9.11. The first kappa shape index (κ1) is 11.4.